The summed E-state index contributed by atoms with van der Waals surface area (Å²) in [6, 6.07) is 6.37. The molecule has 0 saturated heterocycles. The van der Waals surface area contributed by atoms with Crippen molar-refractivity contribution in [1.29, 1.82) is 0 Å². The van der Waals surface area contributed by atoms with Gasteiger partial charge >= 0.3 is 6.61 Å². The molecule has 11 heteroatoms. The summed E-state index contributed by atoms with van der Waals surface area (Å²) in [6.45, 7) is 11.9. The van der Waals surface area contributed by atoms with Crippen molar-refractivity contribution in [3.8, 4) is 16.9 Å². The molecule has 216 valence electrons. The molecule has 1 aliphatic heterocycles. The molecular formula is C30H34F3N5O2Si. The Morgan fingerprint density at radius 3 is 2.46 bits per heavy atom. The number of benzene rings is 1. The number of nitrogens with zero attached hydrogens (tertiary/aromatic N) is 4. The molecule has 4 aromatic rings. The van der Waals surface area contributed by atoms with Crippen molar-refractivity contribution in [2.75, 3.05) is 5.32 Å². The Kier molecular flexibility index (Phi) is 6.28. The number of nitrogens with one attached hydrogen (secondary N) is 1. The van der Waals surface area contributed by atoms with Gasteiger partial charge in [0.2, 0.25) is 0 Å². The number of hydrogen-bond donors (Lipinski definition) is 1. The maximum atomic E-state index is 15.4. The molecule has 0 spiro atoms. The number of aromatic nitrogens is 4. The van der Waals surface area contributed by atoms with Crippen molar-refractivity contribution in [2.24, 2.45) is 0 Å². The molecule has 0 radical (unpaired) electrons. The van der Waals surface area contributed by atoms with Crippen LogP contribution in [0.15, 0.2) is 42.9 Å². The van der Waals surface area contributed by atoms with Gasteiger partial charge in [-0.15, -0.1) is 0 Å². The van der Waals surface area contributed by atoms with Gasteiger partial charge in [0.15, 0.2) is 14.1 Å². The Morgan fingerprint density at radius 1 is 1.10 bits per heavy atom. The lowest BCUT2D eigenvalue weighted by Gasteiger charge is -2.42. The van der Waals surface area contributed by atoms with E-state index in [-0.39, 0.29) is 22.7 Å². The molecule has 1 aliphatic carbocycles. The van der Waals surface area contributed by atoms with Crippen LogP contribution in [-0.2, 0) is 10.0 Å². The fraction of sp³-hybridized carbons (Fsp3) is 0.433. The highest BCUT2D eigenvalue weighted by atomic mass is 28.4. The summed E-state index contributed by atoms with van der Waals surface area (Å²) in [4.78, 5) is 13.9. The van der Waals surface area contributed by atoms with E-state index in [4.69, 9.17) is 14.1 Å². The second kappa shape index (κ2) is 9.28. The van der Waals surface area contributed by atoms with Gasteiger partial charge in [0.25, 0.3) is 0 Å². The molecule has 1 aromatic carbocycles. The third-order valence-corrected chi connectivity index (χ3v) is 13.3. The zero-order valence-electron chi connectivity index (χ0n) is 24.2. The second-order valence-corrected chi connectivity index (χ2v) is 17.6. The average molecular weight is 582 g/mol. The van der Waals surface area contributed by atoms with E-state index in [1.807, 2.05) is 24.3 Å². The SMILES string of the molecule is CC(C)(O[Si](C)(C)C(C)(C)C)c1ncc(-c2cn3c4c(nc3cc2F)[C@H]2CC4c3c(cccc3OC(F)F)N2)cn1. The predicted molar refractivity (Wildman–Crippen MR) is 153 cm³/mol. The number of fused-ring (bicyclic) bond motifs is 9. The lowest BCUT2D eigenvalue weighted by Crippen LogP contribution is -2.46. The van der Waals surface area contributed by atoms with Crippen LogP contribution in [-0.4, -0.2) is 34.3 Å². The van der Waals surface area contributed by atoms with Gasteiger partial charge in [-0.25, -0.2) is 19.3 Å². The van der Waals surface area contributed by atoms with Crippen LogP contribution >= 0.6 is 0 Å². The molecule has 41 heavy (non-hydrogen) atoms. The first-order valence-electron chi connectivity index (χ1n) is 13.7. The maximum Gasteiger partial charge on any atom is 0.387 e. The lowest BCUT2D eigenvalue weighted by molar-refractivity contribution is -0.0505. The third kappa shape index (κ3) is 4.59. The van der Waals surface area contributed by atoms with Crippen LogP contribution in [0.25, 0.3) is 16.8 Å². The van der Waals surface area contributed by atoms with Crippen molar-refractivity contribution in [3.05, 3.63) is 71.4 Å². The monoisotopic (exact) mass is 581 g/mol. The zero-order chi connectivity index (χ0) is 29.5. The van der Waals surface area contributed by atoms with Crippen molar-refractivity contribution in [1.82, 2.24) is 19.4 Å². The largest absolute Gasteiger partial charge is 0.434 e. The first-order valence-corrected chi connectivity index (χ1v) is 16.7. The van der Waals surface area contributed by atoms with Gasteiger partial charge in [-0.1, -0.05) is 26.8 Å². The Labute approximate surface area is 238 Å². The van der Waals surface area contributed by atoms with E-state index in [0.29, 0.717) is 34.6 Å². The van der Waals surface area contributed by atoms with Crippen molar-refractivity contribution in [3.63, 3.8) is 0 Å². The van der Waals surface area contributed by atoms with Gasteiger partial charge in [0, 0.05) is 53.0 Å². The van der Waals surface area contributed by atoms with Gasteiger partial charge in [0.05, 0.1) is 17.4 Å². The van der Waals surface area contributed by atoms with Gasteiger partial charge in [-0.2, -0.15) is 8.78 Å². The highest BCUT2D eigenvalue weighted by molar-refractivity contribution is 6.74. The number of halogens is 3. The smallest absolute Gasteiger partial charge is 0.387 e. The molecule has 2 bridgehead atoms. The number of imidazole rings is 1. The minimum atomic E-state index is -2.94. The summed E-state index contributed by atoms with van der Waals surface area (Å²) in [7, 11) is -2.10. The average Bonchev–Trinajstić information content (AvgIpc) is 3.36. The van der Waals surface area contributed by atoms with Gasteiger partial charge in [0.1, 0.15) is 22.8 Å². The molecule has 7 nitrogen and oxygen atoms in total. The number of rotatable bonds is 6. The fourth-order valence-corrected chi connectivity index (χ4v) is 7.46. The minimum absolute atomic E-state index is 0.0223. The Bertz CT molecular complexity index is 1650. The van der Waals surface area contributed by atoms with E-state index in [1.165, 1.54) is 6.07 Å². The molecule has 6 rings (SSSR count). The summed E-state index contributed by atoms with van der Waals surface area (Å²) in [5.41, 5.74) is 3.58. The number of pyridine rings is 1. The molecule has 2 atom stereocenters. The maximum absolute atomic E-state index is 15.4. The van der Waals surface area contributed by atoms with Crippen molar-refractivity contribution in [2.45, 2.75) is 83.3 Å². The van der Waals surface area contributed by atoms with Crippen LogP contribution in [0.3, 0.4) is 0 Å². The van der Waals surface area contributed by atoms with Crippen LogP contribution < -0.4 is 10.1 Å². The molecule has 0 amide bonds. The van der Waals surface area contributed by atoms with Gasteiger partial charge < -0.3 is 18.9 Å². The number of hydrogen-bond acceptors (Lipinski definition) is 6. The van der Waals surface area contributed by atoms with E-state index < -0.39 is 26.3 Å². The summed E-state index contributed by atoms with van der Waals surface area (Å²) < 4.78 is 55.2. The van der Waals surface area contributed by atoms with E-state index in [2.05, 4.69) is 49.1 Å². The van der Waals surface area contributed by atoms with Gasteiger partial charge in [-0.3, -0.25) is 0 Å². The Hall–Kier alpha value is -3.44. The lowest BCUT2D eigenvalue weighted by atomic mass is 9.90. The molecule has 1 N–H and O–H groups in total. The van der Waals surface area contributed by atoms with Crippen LogP contribution in [0.2, 0.25) is 18.1 Å². The van der Waals surface area contributed by atoms with Crippen molar-refractivity contribution < 1.29 is 22.3 Å². The molecule has 1 unspecified atom stereocenters. The molecule has 3 aromatic heterocycles. The highest BCUT2D eigenvalue weighted by Gasteiger charge is 2.44. The summed E-state index contributed by atoms with van der Waals surface area (Å²) in [5.74, 6) is -0.0276. The fourth-order valence-electron chi connectivity index (χ4n) is 5.79. The molecule has 0 fully saturated rings. The van der Waals surface area contributed by atoms with Crippen LogP contribution in [0.1, 0.15) is 75.8 Å². The molecule has 0 saturated carbocycles. The Morgan fingerprint density at radius 2 is 1.80 bits per heavy atom. The molecule has 4 heterocycles. The first kappa shape index (κ1) is 27.7. The van der Waals surface area contributed by atoms with E-state index in [0.717, 1.165) is 17.1 Å². The zero-order valence-corrected chi connectivity index (χ0v) is 25.2. The quantitative estimate of drug-likeness (QED) is 0.234. The molecule has 2 aliphatic rings. The number of anilines is 1. The number of ether oxygens (including phenoxy) is 1. The van der Waals surface area contributed by atoms with Crippen LogP contribution in [0.4, 0.5) is 18.9 Å². The van der Waals surface area contributed by atoms with Crippen LogP contribution in [0, 0.1) is 5.82 Å². The topological polar surface area (TPSA) is 73.6 Å². The van der Waals surface area contributed by atoms with E-state index in [1.54, 1.807) is 30.7 Å². The highest BCUT2D eigenvalue weighted by Crippen LogP contribution is 2.54. The van der Waals surface area contributed by atoms with Gasteiger partial charge in [-0.05, 0) is 50.5 Å². The minimum Gasteiger partial charge on any atom is -0.434 e. The third-order valence-electron chi connectivity index (χ3n) is 8.68. The van der Waals surface area contributed by atoms with E-state index >= 15 is 4.39 Å². The standard InChI is InChI=1S/C30H34F3N5O2Si/c1-29(2,3)41(6,7)40-30(4,5)27-34-13-16(14-35-27)18-15-38-23(12-19(18)31)37-25-21-11-17(26(25)38)24-20(36-21)9-8-10-22(24)39-28(32)33/h8-10,12-15,17,21,28,36H,11H2,1-7H3/t17?,21-/m1/s1. The second-order valence-electron chi connectivity index (χ2n) is 12.9. The Balaban J connectivity index is 1.38. The summed E-state index contributed by atoms with van der Waals surface area (Å²) in [5, 5.41) is 3.42. The normalized spacial score (nSPS) is 18.4. The van der Waals surface area contributed by atoms with Crippen LogP contribution in [0.5, 0.6) is 5.75 Å². The molecular weight excluding hydrogens is 547 g/mol. The van der Waals surface area contributed by atoms with Crippen molar-refractivity contribution >= 4 is 19.7 Å². The predicted octanol–water partition coefficient (Wildman–Crippen LogP) is 7.79. The first-order chi connectivity index (χ1) is 19.2. The summed E-state index contributed by atoms with van der Waals surface area (Å²) in [6.07, 6.45) is 5.57. The summed E-state index contributed by atoms with van der Waals surface area (Å²) >= 11 is 0. The van der Waals surface area contributed by atoms with E-state index in [9.17, 15) is 8.78 Å². The number of alkyl halides is 2.